The number of amides is 1. The van der Waals surface area contributed by atoms with Crippen molar-refractivity contribution in [3.63, 3.8) is 0 Å². The van der Waals surface area contributed by atoms with Crippen LogP contribution in [-0.4, -0.2) is 20.3 Å². The molecule has 7 nitrogen and oxygen atoms in total. The second kappa shape index (κ2) is 12.2. The van der Waals surface area contributed by atoms with Gasteiger partial charge in [-0.3, -0.25) is 9.52 Å². The summed E-state index contributed by atoms with van der Waals surface area (Å²) in [5.41, 5.74) is 4.11. The molecule has 1 atom stereocenters. The highest BCUT2D eigenvalue weighted by molar-refractivity contribution is 7.92. The Kier molecular flexibility index (Phi) is 8.87. The van der Waals surface area contributed by atoms with Crippen LogP contribution in [0.5, 0.6) is 0 Å². The quantitative estimate of drug-likeness (QED) is 0.213. The van der Waals surface area contributed by atoms with Crippen LogP contribution in [0.15, 0.2) is 95.9 Å². The lowest BCUT2D eigenvalue weighted by atomic mass is 9.87. The summed E-state index contributed by atoms with van der Waals surface area (Å²) >= 11 is 0. The maximum Gasteiger partial charge on any atom is 0.341 e. The Bertz CT molecular complexity index is 1720. The number of hydrogen-bond acceptors (Lipinski definition) is 5. The normalized spacial score (nSPS) is 12.3. The van der Waals surface area contributed by atoms with Crippen LogP contribution in [0, 0.1) is 20.8 Å². The van der Waals surface area contributed by atoms with Gasteiger partial charge in [-0.05, 0) is 72.7 Å². The lowest BCUT2D eigenvalue weighted by molar-refractivity contribution is -0.125. The van der Waals surface area contributed by atoms with Gasteiger partial charge >= 0.3 is 5.97 Å². The Balaban J connectivity index is 1.65. The zero-order valence-corrected chi connectivity index (χ0v) is 25.5. The van der Waals surface area contributed by atoms with Crippen LogP contribution in [0.25, 0.3) is 0 Å². The first kappa shape index (κ1) is 30.5. The average Bonchev–Trinajstić information content (AvgIpc) is 2.93. The zero-order chi connectivity index (χ0) is 30.7. The molecule has 1 amide bonds. The van der Waals surface area contributed by atoms with Gasteiger partial charge in [0.15, 0.2) is 0 Å². The standard InChI is InChI=1S/C34H36N2O5S/c1-22-16-17-23(2)29(20-22)35-32(37)31(25-12-8-7-9-13-25)41-33(38)27-14-10-11-15-28(27)36-42(39,40)30-21-26(34(4,5)6)19-18-24(30)3/h7-21,31,36H,1-6H3,(H,35,37)/t31-/m1/s1. The molecule has 0 spiro atoms. The van der Waals surface area contributed by atoms with Gasteiger partial charge in [0.2, 0.25) is 6.10 Å². The number of esters is 1. The Morgan fingerprint density at radius 2 is 1.40 bits per heavy atom. The summed E-state index contributed by atoms with van der Waals surface area (Å²) in [4.78, 5) is 27.2. The van der Waals surface area contributed by atoms with Crippen molar-refractivity contribution in [2.24, 2.45) is 0 Å². The molecule has 4 aromatic carbocycles. The molecule has 0 heterocycles. The number of ether oxygens (including phenoxy) is 1. The molecule has 0 bridgehead atoms. The number of aryl methyl sites for hydroxylation is 3. The summed E-state index contributed by atoms with van der Waals surface area (Å²) in [6.07, 6.45) is -1.28. The predicted octanol–water partition coefficient (Wildman–Crippen LogP) is 7.25. The maximum absolute atomic E-state index is 13.6. The van der Waals surface area contributed by atoms with Crippen molar-refractivity contribution in [2.75, 3.05) is 10.0 Å². The molecule has 0 saturated carbocycles. The van der Waals surface area contributed by atoms with Crippen molar-refractivity contribution in [2.45, 2.75) is 58.0 Å². The molecule has 2 N–H and O–H groups in total. The summed E-state index contributed by atoms with van der Waals surface area (Å²) in [6.45, 7) is 11.5. The van der Waals surface area contributed by atoms with E-state index in [0.29, 0.717) is 16.8 Å². The van der Waals surface area contributed by atoms with Crippen LogP contribution < -0.4 is 10.0 Å². The van der Waals surface area contributed by atoms with E-state index in [4.69, 9.17) is 4.74 Å². The smallest absolute Gasteiger partial charge is 0.341 e. The van der Waals surface area contributed by atoms with Gasteiger partial charge in [0.05, 0.1) is 16.1 Å². The third-order valence-electron chi connectivity index (χ3n) is 6.95. The van der Waals surface area contributed by atoms with Crippen molar-refractivity contribution >= 4 is 33.3 Å². The number of para-hydroxylation sites is 1. The fourth-order valence-corrected chi connectivity index (χ4v) is 5.80. The molecule has 0 aliphatic rings. The number of nitrogens with one attached hydrogen (secondary N) is 2. The highest BCUT2D eigenvalue weighted by atomic mass is 32.2. The minimum atomic E-state index is -4.07. The van der Waals surface area contributed by atoms with Crippen LogP contribution in [0.2, 0.25) is 0 Å². The monoisotopic (exact) mass is 584 g/mol. The van der Waals surface area contributed by atoms with Crippen molar-refractivity contribution in [1.82, 2.24) is 0 Å². The van der Waals surface area contributed by atoms with Crippen LogP contribution in [-0.2, 0) is 25.0 Å². The van der Waals surface area contributed by atoms with E-state index >= 15 is 0 Å². The van der Waals surface area contributed by atoms with E-state index in [0.717, 1.165) is 16.7 Å². The molecule has 0 radical (unpaired) electrons. The van der Waals surface area contributed by atoms with Gasteiger partial charge in [-0.15, -0.1) is 0 Å². The molecule has 0 fully saturated rings. The molecule has 0 unspecified atom stereocenters. The number of carbonyl (C=O) groups excluding carboxylic acids is 2. The highest BCUT2D eigenvalue weighted by Gasteiger charge is 2.29. The maximum atomic E-state index is 13.6. The van der Waals surface area contributed by atoms with Gasteiger partial charge in [0.25, 0.3) is 15.9 Å². The number of rotatable bonds is 8. The van der Waals surface area contributed by atoms with Crippen LogP contribution in [0.4, 0.5) is 11.4 Å². The molecule has 8 heteroatoms. The van der Waals surface area contributed by atoms with E-state index in [1.54, 1.807) is 61.5 Å². The summed E-state index contributed by atoms with van der Waals surface area (Å²) < 4.78 is 35.5. The van der Waals surface area contributed by atoms with Crippen molar-refractivity contribution in [1.29, 1.82) is 0 Å². The Labute approximate surface area is 248 Å². The number of carbonyl (C=O) groups is 2. The third kappa shape index (κ3) is 7.06. The molecule has 4 rings (SSSR count). The molecule has 0 aromatic heterocycles. The Morgan fingerprint density at radius 3 is 2.10 bits per heavy atom. The summed E-state index contributed by atoms with van der Waals surface area (Å²) in [5, 5.41) is 2.88. The lowest BCUT2D eigenvalue weighted by Crippen LogP contribution is -2.27. The minimum Gasteiger partial charge on any atom is -0.444 e. The molecule has 42 heavy (non-hydrogen) atoms. The molecule has 4 aromatic rings. The lowest BCUT2D eigenvalue weighted by Gasteiger charge is -2.22. The summed E-state index contributed by atoms with van der Waals surface area (Å²) in [5.74, 6) is -1.38. The predicted molar refractivity (Wildman–Crippen MR) is 166 cm³/mol. The fraction of sp³-hybridized carbons (Fsp3) is 0.235. The number of anilines is 2. The van der Waals surface area contributed by atoms with Crippen molar-refractivity contribution in [3.05, 3.63) is 124 Å². The summed E-state index contributed by atoms with van der Waals surface area (Å²) in [7, 11) is -4.07. The second-order valence-corrected chi connectivity index (χ2v) is 13.0. The average molecular weight is 585 g/mol. The fourth-order valence-electron chi connectivity index (χ4n) is 4.45. The van der Waals surface area contributed by atoms with Crippen LogP contribution in [0.1, 0.15) is 65.1 Å². The molecular weight excluding hydrogens is 548 g/mol. The number of hydrogen-bond donors (Lipinski definition) is 2. The number of benzene rings is 4. The SMILES string of the molecule is Cc1ccc(C)c(NC(=O)[C@H](OC(=O)c2ccccc2NS(=O)(=O)c2cc(C(C)(C)C)ccc2C)c2ccccc2)c1. The molecule has 0 aliphatic carbocycles. The van der Waals surface area contributed by atoms with Gasteiger partial charge in [-0.1, -0.05) is 87.5 Å². The Morgan fingerprint density at radius 1 is 0.762 bits per heavy atom. The summed E-state index contributed by atoms with van der Waals surface area (Å²) in [6, 6.07) is 25.9. The third-order valence-corrected chi connectivity index (χ3v) is 8.46. The molecule has 0 saturated heterocycles. The van der Waals surface area contributed by atoms with Gasteiger partial charge in [0.1, 0.15) is 0 Å². The first-order valence-corrected chi connectivity index (χ1v) is 15.1. The van der Waals surface area contributed by atoms with Crippen molar-refractivity contribution in [3.8, 4) is 0 Å². The van der Waals surface area contributed by atoms with E-state index in [1.807, 2.05) is 58.9 Å². The first-order chi connectivity index (χ1) is 19.8. The molecule has 218 valence electrons. The van der Waals surface area contributed by atoms with Gasteiger partial charge in [-0.2, -0.15) is 0 Å². The van der Waals surface area contributed by atoms with Gasteiger partial charge in [0, 0.05) is 11.3 Å². The van der Waals surface area contributed by atoms with Crippen LogP contribution >= 0.6 is 0 Å². The Hall–Kier alpha value is -4.43. The minimum absolute atomic E-state index is 0.0221. The van der Waals surface area contributed by atoms with Crippen molar-refractivity contribution < 1.29 is 22.7 Å². The van der Waals surface area contributed by atoms with E-state index < -0.39 is 28.0 Å². The highest BCUT2D eigenvalue weighted by Crippen LogP contribution is 2.30. The first-order valence-electron chi connectivity index (χ1n) is 13.6. The van der Waals surface area contributed by atoms with E-state index in [9.17, 15) is 18.0 Å². The molecular formula is C34H36N2O5S. The topological polar surface area (TPSA) is 102 Å². The van der Waals surface area contributed by atoms with E-state index in [2.05, 4.69) is 10.0 Å². The largest absolute Gasteiger partial charge is 0.444 e. The van der Waals surface area contributed by atoms with Gasteiger partial charge < -0.3 is 10.1 Å². The van der Waals surface area contributed by atoms with Gasteiger partial charge in [-0.25, -0.2) is 13.2 Å². The second-order valence-electron chi connectivity index (χ2n) is 11.4. The van der Waals surface area contributed by atoms with E-state index in [-0.39, 0.29) is 21.6 Å². The zero-order valence-electron chi connectivity index (χ0n) is 24.7. The van der Waals surface area contributed by atoms with E-state index in [1.165, 1.54) is 12.1 Å². The molecule has 0 aliphatic heterocycles. The van der Waals surface area contributed by atoms with Crippen LogP contribution in [0.3, 0.4) is 0 Å². The number of sulfonamides is 1.